The van der Waals surface area contributed by atoms with Crippen molar-refractivity contribution in [1.82, 2.24) is 20.0 Å². The maximum atomic E-state index is 12.2. The van der Waals surface area contributed by atoms with E-state index in [1.807, 2.05) is 22.9 Å². The Labute approximate surface area is 159 Å². The van der Waals surface area contributed by atoms with Crippen LogP contribution in [-0.4, -0.2) is 66.6 Å². The number of rotatable bonds is 6. The van der Waals surface area contributed by atoms with Crippen LogP contribution in [0, 0.1) is 0 Å². The standard InChI is InChI=1S/C20H26N4O3/c25-19(15-23-7-10-26-11-8-23)21-12-18-20-17(6-9-27-18)14-24(22-20)13-16-4-2-1-3-5-16/h1-5,14,18H,6-13,15H2,(H,21,25). The molecular formula is C20H26N4O3. The number of aromatic nitrogens is 2. The van der Waals surface area contributed by atoms with Gasteiger partial charge in [0, 0.05) is 25.8 Å². The molecule has 1 N–H and O–H groups in total. The lowest BCUT2D eigenvalue weighted by molar-refractivity contribution is -0.124. The van der Waals surface area contributed by atoms with Gasteiger partial charge in [0.15, 0.2) is 0 Å². The third-order valence-electron chi connectivity index (χ3n) is 5.01. The molecule has 1 aromatic heterocycles. The Morgan fingerprint density at radius 1 is 1.19 bits per heavy atom. The van der Waals surface area contributed by atoms with Crippen molar-refractivity contribution in [3.8, 4) is 0 Å². The van der Waals surface area contributed by atoms with Crippen LogP contribution in [0.2, 0.25) is 0 Å². The third-order valence-corrected chi connectivity index (χ3v) is 5.01. The number of carbonyl (C=O) groups excluding carboxylic acids is 1. The van der Waals surface area contributed by atoms with Crippen molar-refractivity contribution in [1.29, 1.82) is 0 Å². The normalized spacial score (nSPS) is 20.2. The number of hydrogen-bond acceptors (Lipinski definition) is 5. The van der Waals surface area contributed by atoms with E-state index in [4.69, 9.17) is 14.6 Å². The second kappa shape index (κ2) is 8.65. The summed E-state index contributed by atoms with van der Waals surface area (Å²) in [5.41, 5.74) is 3.38. The molecule has 1 saturated heterocycles. The summed E-state index contributed by atoms with van der Waals surface area (Å²) in [5.74, 6) is 0.0244. The lowest BCUT2D eigenvalue weighted by atomic mass is 10.1. The quantitative estimate of drug-likeness (QED) is 0.821. The van der Waals surface area contributed by atoms with Gasteiger partial charge in [-0.25, -0.2) is 0 Å². The van der Waals surface area contributed by atoms with Crippen LogP contribution < -0.4 is 5.32 Å². The predicted octanol–water partition coefficient (Wildman–Crippen LogP) is 0.994. The van der Waals surface area contributed by atoms with Crippen LogP contribution in [0.15, 0.2) is 36.5 Å². The van der Waals surface area contributed by atoms with Crippen LogP contribution >= 0.6 is 0 Å². The Morgan fingerprint density at radius 3 is 2.81 bits per heavy atom. The number of hydrogen-bond donors (Lipinski definition) is 1. The maximum Gasteiger partial charge on any atom is 0.234 e. The van der Waals surface area contributed by atoms with Crippen molar-refractivity contribution < 1.29 is 14.3 Å². The first kappa shape index (κ1) is 18.2. The lowest BCUT2D eigenvalue weighted by Crippen LogP contribution is -2.44. The summed E-state index contributed by atoms with van der Waals surface area (Å²) in [4.78, 5) is 14.3. The van der Waals surface area contributed by atoms with Crippen molar-refractivity contribution in [3.63, 3.8) is 0 Å². The maximum absolute atomic E-state index is 12.2. The monoisotopic (exact) mass is 370 g/mol. The summed E-state index contributed by atoms with van der Waals surface area (Å²) >= 11 is 0. The molecule has 1 amide bonds. The molecule has 2 aliphatic rings. The molecule has 2 aliphatic heterocycles. The summed E-state index contributed by atoms with van der Waals surface area (Å²) < 4.78 is 13.2. The number of benzene rings is 1. The van der Waals surface area contributed by atoms with Crippen molar-refractivity contribution in [2.75, 3.05) is 46.0 Å². The fraction of sp³-hybridized carbons (Fsp3) is 0.500. The van der Waals surface area contributed by atoms with Crippen molar-refractivity contribution in [2.45, 2.75) is 19.1 Å². The topological polar surface area (TPSA) is 68.6 Å². The average Bonchev–Trinajstić information content (AvgIpc) is 3.11. The van der Waals surface area contributed by atoms with E-state index in [0.29, 0.717) is 32.9 Å². The summed E-state index contributed by atoms with van der Waals surface area (Å²) in [6.45, 7) is 5.27. The average molecular weight is 370 g/mol. The van der Waals surface area contributed by atoms with E-state index < -0.39 is 0 Å². The Bertz CT molecular complexity index is 756. The molecule has 4 rings (SSSR count). The molecule has 144 valence electrons. The highest BCUT2D eigenvalue weighted by molar-refractivity contribution is 5.78. The highest BCUT2D eigenvalue weighted by Gasteiger charge is 2.25. The zero-order valence-electron chi connectivity index (χ0n) is 15.5. The molecule has 1 atom stereocenters. The predicted molar refractivity (Wildman–Crippen MR) is 100 cm³/mol. The molecule has 0 bridgehead atoms. The van der Waals surface area contributed by atoms with E-state index in [0.717, 1.165) is 31.7 Å². The van der Waals surface area contributed by atoms with Gasteiger partial charge < -0.3 is 14.8 Å². The fourth-order valence-corrected chi connectivity index (χ4v) is 3.56. The summed E-state index contributed by atoms with van der Waals surface area (Å²) in [5, 5.41) is 7.74. The van der Waals surface area contributed by atoms with Gasteiger partial charge in [-0.3, -0.25) is 14.4 Å². The molecule has 0 aliphatic carbocycles. The number of fused-ring (bicyclic) bond motifs is 1. The van der Waals surface area contributed by atoms with Crippen LogP contribution in [-0.2, 0) is 27.2 Å². The first-order chi connectivity index (χ1) is 13.3. The Balaban J connectivity index is 1.34. The lowest BCUT2D eigenvalue weighted by Gasteiger charge is -2.26. The second-order valence-corrected chi connectivity index (χ2v) is 7.02. The fourth-order valence-electron chi connectivity index (χ4n) is 3.56. The molecule has 0 radical (unpaired) electrons. The van der Waals surface area contributed by atoms with Gasteiger partial charge in [0.2, 0.25) is 5.91 Å². The summed E-state index contributed by atoms with van der Waals surface area (Å²) in [7, 11) is 0. The van der Waals surface area contributed by atoms with Crippen LogP contribution in [0.4, 0.5) is 0 Å². The van der Waals surface area contributed by atoms with Crippen LogP contribution in [0.5, 0.6) is 0 Å². The minimum atomic E-state index is -0.181. The molecule has 0 spiro atoms. The molecule has 27 heavy (non-hydrogen) atoms. The number of carbonyl (C=O) groups is 1. The Morgan fingerprint density at radius 2 is 2.00 bits per heavy atom. The van der Waals surface area contributed by atoms with Gasteiger partial charge in [-0.05, 0) is 17.5 Å². The minimum Gasteiger partial charge on any atom is -0.379 e. The molecule has 1 aromatic carbocycles. The molecule has 0 saturated carbocycles. The highest BCUT2D eigenvalue weighted by Crippen LogP contribution is 2.25. The highest BCUT2D eigenvalue weighted by atomic mass is 16.5. The zero-order chi connectivity index (χ0) is 18.5. The second-order valence-electron chi connectivity index (χ2n) is 7.02. The number of ether oxygens (including phenoxy) is 2. The summed E-state index contributed by atoms with van der Waals surface area (Å²) in [6.07, 6.45) is 2.79. The van der Waals surface area contributed by atoms with E-state index in [1.54, 1.807) is 0 Å². The minimum absolute atomic E-state index is 0.0244. The number of nitrogens with one attached hydrogen (secondary N) is 1. The molecule has 1 fully saturated rings. The molecule has 3 heterocycles. The van der Waals surface area contributed by atoms with Crippen molar-refractivity contribution in [3.05, 3.63) is 53.3 Å². The first-order valence-electron chi connectivity index (χ1n) is 9.56. The van der Waals surface area contributed by atoms with Crippen LogP contribution in [0.1, 0.15) is 22.9 Å². The Hall–Kier alpha value is -2.22. The van der Waals surface area contributed by atoms with E-state index in [2.05, 4.69) is 28.5 Å². The van der Waals surface area contributed by atoms with Gasteiger partial charge in [-0.1, -0.05) is 30.3 Å². The van der Waals surface area contributed by atoms with Gasteiger partial charge in [-0.15, -0.1) is 0 Å². The van der Waals surface area contributed by atoms with Crippen LogP contribution in [0.3, 0.4) is 0 Å². The van der Waals surface area contributed by atoms with Crippen LogP contribution in [0.25, 0.3) is 0 Å². The smallest absolute Gasteiger partial charge is 0.234 e. The summed E-state index contributed by atoms with van der Waals surface area (Å²) in [6, 6.07) is 10.3. The van der Waals surface area contributed by atoms with E-state index >= 15 is 0 Å². The zero-order valence-corrected chi connectivity index (χ0v) is 15.5. The van der Waals surface area contributed by atoms with E-state index in [1.165, 1.54) is 11.1 Å². The molecule has 1 unspecified atom stereocenters. The van der Waals surface area contributed by atoms with E-state index in [-0.39, 0.29) is 12.0 Å². The SMILES string of the molecule is O=C(CN1CCOCC1)NCC1OCCc2cn(Cc3ccccc3)nc21. The molecule has 7 heteroatoms. The molecular weight excluding hydrogens is 344 g/mol. The van der Waals surface area contributed by atoms with E-state index in [9.17, 15) is 4.79 Å². The first-order valence-corrected chi connectivity index (χ1v) is 9.56. The van der Waals surface area contributed by atoms with Crippen molar-refractivity contribution in [2.24, 2.45) is 0 Å². The van der Waals surface area contributed by atoms with Gasteiger partial charge >= 0.3 is 0 Å². The van der Waals surface area contributed by atoms with Gasteiger partial charge in [0.1, 0.15) is 6.10 Å². The largest absolute Gasteiger partial charge is 0.379 e. The third kappa shape index (κ3) is 4.74. The Kier molecular flexibility index (Phi) is 5.81. The number of amides is 1. The number of nitrogens with zero attached hydrogens (tertiary/aromatic N) is 3. The van der Waals surface area contributed by atoms with Gasteiger partial charge in [-0.2, -0.15) is 5.10 Å². The van der Waals surface area contributed by atoms with Crippen molar-refractivity contribution >= 4 is 5.91 Å². The van der Waals surface area contributed by atoms with Gasteiger partial charge in [0.05, 0.1) is 38.6 Å². The number of morpholine rings is 1. The molecule has 2 aromatic rings. The van der Waals surface area contributed by atoms with Gasteiger partial charge in [0.25, 0.3) is 0 Å². The molecule has 7 nitrogen and oxygen atoms in total.